The first-order chi connectivity index (χ1) is 14.6. The molecular formula is C20H18F2N5O2PS. The largest absolute Gasteiger partial charge is 0.383 e. The maximum absolute atomic E-state index is 13.8. The number of pyridine rings is 1. The lowest BCUT2D eigenvalue weighted by molar-refractivity contribution is 0.104. The molecule has 11 heteroatoms. The van der Waals surface area contributed by atoms with Crippen LogP contribution in [0.15, 0.2) is 59.8 Å². The highest BCUT2D eigenvalue weighted by atomic mass is 32.2. The monoisotopic (exact) mass is 461 g/mol. The predicted octanol–water partition coefficient (Wildman–Crippen LogP) is 3.76. The van der Waals surface area contributed by atoms with Crippen LogP contribution in [0.3, 0.4) is 0 Å². The molecule has 3 heterocycles. The predicted molar refractivity (Wildman–Crippen MR) is 117 cm³/mol. The summed E-state index contributed by atoms with van der Waals surface area (Å²) in [5.74, 6) is -0.241. The van der Waals surface area contributed by atoms with E-state index in [1.165, 1.54) is 33.6 Å². The molecule has 0 bridgehead atoms. The third-order valence-electron chi connectivity index (χ3n) is 4.82. The van der Waals surface area contributed by atoms with Gasteiger partial charge in [-0.3, -0.25) is 0 Å². The first-order valence-corrected chi connectivity index (χ1v) is 11.4. The number of sulfone groups is 1. The van der Waals surface area contributed by atoms with Gasteiger partial charge in [0, 0.05) is 17.3 Å². The number of halogens is 2. The Bertz CT molecular complexity index is 1380. The van der Waals surface area contributed by atoms with Gasteiger partial charge in [0.05, 0.1) is 33.8 Å². The highest BCUT2D eigenvalue weighted by Crippen LogP contribution is 2.39. The number of alkyl halides is 2. The summed E-state index contributed by atoms with van der Waals surface area (Å²) < 4.78 is 53.2. The number of anilines is 1. The summed E-state index contributed by atoms with van der Waals surface area (Å²) in [6.07, 6.45) is 2.99. The van der Waals surface area contributed by atoms with E-state index in [-0.39, 0.29) is 16.5 Å². The van der Waals surface area contributed by atoms with Crippen molar-refractivity contribution in [2.75, 3.05) is 11.5 Å². The van der Waals surface area contributed by atoms with Gasteiger partial charge in [-0.05, 0) is 30.3 Å². The van der Waals surface area contributed by atoms with E-state index in [2.05, 4.69) is 15.1 Å². The minimum absolute atomic E-state index is 0.0137. The average Bonchev–Trinajstić information content (AvgIpc) is 3.16. The zero-order chi connectivity index (χ0) is 22.4. The van der Waals surface area contributed by atoms with Gasteiger partial charge in [-0.1, -0.05) is 28.3 Å². The standard InChI is InChI=1S/C20H18F2N5O2PS/c1-2-31(28,29)14-5-3-12(4-6-14)17-11-24-18-8-7-16(26-27(17)18)13-9-15(20(21,22)30)19(23)25-10-13/h3-11H,2,30H2,1H3,(H2,23,25). The van der Waals surface area contributed by atoms with E-state index in [9.17, 15) is 17.2 Å². The van der Waals surface area contributed by atoms with E-state index in [0.717, 1.165) is 0 Å². The van der Waals surface area contributed by atoms with Gasteiger partial charge in [0.1, 0.15) is 5.82 Å². The summed E-state index contributed by atoms with van der Waals surface area (Å²) in [6.45, 7) is 1.59. The van der Waals surface area contributed by atoms with Crippen LogP contribution in [0, 0.1) is 0 Å². The number of hydrogen-bond donors (Lipinski definition) is 1. The molecule has 3 aromatic heterocycles. The Labute approximate surface area is 179 Å². The molecule has 31 heavy (non-hydrogen) atoms. The van der Waals surface area contributed by atoms with Crippen molar-refractivity contribution < 1.29 is 17.2 Å². The van der Waals surface area contributed by atoms with Gasteiger partial charge < -0.3 is 5.73 Å². The Morgan fingerprint density at radius 3 is 2.42 bits per heavy atom. The number of nitrogens with zero attached hydrogens (tertiary/aromatic N) is 4. The average molecular weight is 461 g/mol. The van der Waals surface area contributed by atoms with Crippen molar-refractivity contribution in [2.24, 2.45) is 0 Å². The van der Waals surface area contributed by atoms with Crippen LogP contribution in [0.2, 0.25) is 0 Å². The molecule has 0 amide bonds. The minimum Gasteiger partial charge on any atom is -0.383 e. The molecule has 1 atom stereocenters. The molecule has 0 aliphatic rings. The van der Waals surface area contributed by atoms with Gasteiger partial charge in [-0.2, -0.15) is 13.9 Å². The second kappa shape index (κ2) is 7.62. The fourth-order valence-corrected chi connectivity index (χ4v) is 4.22. The number of hydrogen-bond acceptors (Lipinski definition) is 6. The second-order valence-corrected chi connectivity index (χ2v) is 9.84. The molecule has 1 aromatic carbocycles. The maximum atomic E-state index is 13.8. The van der Waals surface area contributed by atoms with Crippen molar-refractivity contribution >= 4 is 30.5 Å². The highest BCUT2D eigenvalue weighted by Gasteiger charge is 2.28. The first kappa shape index (κ1) is 21.3. The molecule has 7 nitrogen and oxygen atoms in total. The van der Waals surface area contributed by atoms with Crippen LogP contribution >= 0.6 is 9.24 Å². The van der Waals surface area contributed by atoms with Crippen molar-refractivity contribution in [1.82, 2.24) is 19.6 Å². The first-order valence-electron chi connectivity index (χ1n) is 9.21. The highest BCUT2D eigenvalue weighted by molar-refractivity contribution is 7.91. The molecule has 4 aromatic rings. The van der Waals surface area contributed by atoms with E-state index in [4.69, 9.17) is 5.73 Å². The van der Waals surface area contributed by atoms with Gasteiger partial charge in [-0.15, -0.1) is 0 Å². The van der Waals surface area contributed by atoms with Crippen LogP contribution in [-0.2, 0) is 15.5 Å². The number of benzene rings is 1. The summed E-state index contributed by atoms with van der Waals surface area (Å²) >= 11 is 0. The molecule has 160 valence electrons. The molecule has 0 aliphatic heterocycles. The number of rotatable bonds is 5. The Morgan fingerprint density at radius 2 is 1.77 bits per heavy atom. The third-order valence-corrected chi connectivity index (χ3v) is 6.89. The smallest absolute Gasteiger partial charge is 0.287 e. The molecule has 0 aliphatic carbocycles. The molecule has 1 unspecified atom stereocenters. The molecule has 0 spiro atoms. The van der Waals surface area contributed by atoms with Crippen LogP contribution in [0.1, 0.15) is 12.5 Å². The van der Waals surface area contributed by atoms with E-state index in [0.29, 0.717) is 28.2 Å². The van der Waals surface area contributed by atoms with E-state index in [1.54, 1.807) is 41.9 Å². The summed E-state index contributed by atoms with van der Waals surface area (Å²) in [4.78, 5) is 8.42. The van der Waals surface area contributed by atoms with Crippen molar-refractivity contribution in [3.8, 4) is 22.5 Å². The lowest BCUT2D eigenvalue weighted by Crippen LogP contribution is -2.09. The van der Waals surface area contributed by atoms with Crippen LogP contribution in [0.25, 0.3) is 28.2 Å². The van der Waals surface area contributed by atoms with E-state index < -0.39 is 21.1 Å². The molecule has 4 rings (SSSR count). The number of fused-ring (bicyclic) bond motifs is 1. The number of imidazole rings is 1. The maximum Gasteiger partial charge on any atom is 0.287 e. The van der Waals surface area contributed by atoms with Gasteiger partial charge in [-0.25, -0.2) is 22.9 Å². The van der Waals surface area contributed by atoms with Crippen molar-refractivity contribution in [1.29, 1.82) is 0 Å². The zero-order valence-electron chi connectivity index (χ0n) is 16.3. The van der Waals surface area contributed by atoms with Gasteiger partial charge in [0.25, 0.3) is 5.66 Å². The molecule has 2 N–H and O–H groups in total. The van der Waals surface area contributed by atoms with Crippen molar-refractivity contribution in [3.63, 3.8) is 0 Å². The van der Waals surface area contributed by atoms with E-state index in [1.807, 2.05) is 0 Å². The summed E-state index contributed by atoms with van der Waals surface area (Å²) in [5, 5.41) is 4.53. The van der Waals surface area contributed by atoms with Crippen LogP contribution < -0.4 is 5.73 Å². The van der Waals surface area contributed by atoms with Crippen LogP contribution in [0.4, 0.5) is 14.6 Å². The van der Waals surface area contributed by atoms with Crippen molar-refractivity contribution in [2.45, 2.75) is 17.5 Å². The SMILES string of the molecule is CCS(=O)(=O)c1ccc(-c2cnc3ccc(-c4cnc(N)c(C(F)(F)P)c4)nn23)cc1. The molecule has 0 radical (unpaired) electrons. The Morgan fingerprint density at radius 1 is 1.06 bits per heavy atom. The lowest BCUT2D eigenvalue weighted by Gasteiger charge is -2.13. The quantitative estimate of drug-likeness (QED) is 0.454. The van der Waals surface area contributed by atoms with Gasteiger partial charge in [0.15, 0.2) is 15.5 Å². The number of aromatic nitrogens is 4. The summed E-state index contributed by atoms with van der Waals surface area (Å²) in [5.41, 5.74) is 4.62. The number of nitrogens with two attached hydrogens (primary N) is 1. The fourth-order valence-electron chi connectivity index (χ4n) is 3.11. The molecule has 0 saturated carbocycles. The van der Waals surface area contributed by atoms with Crippen molar-refractivity contribution in [3.05, 3.63) is 60.4 Å². The minimum atomic E-state index is -3.31. The second-order valence-electron chi connectivity index (χ2n) is 6.84. The fraction of sp³-hybridized carbons (Fsp3) is 0.150. The van der Waals surface area contributed by atoms with Crippen LogP contribution in [0.5, 0.6) is 0 Å². The Kier molecular flexibility index (Phi) is 5.23. The summed E-state index contributed by atoms with van der Waals surface area (Å²) in [7, 11) is -1.86. The topological polar surface area (TPSA) is 103 Å². The molecule has 0 fully saturated rings. The van der Waals surface area contributed by atoms with Crippen LogP contribution in [-0.4, -0.2) is 33.8 Å². The molecule has 0 saturated heterocycles. The Balaban J connectivity index is 1.79. The molecular weight excluding hydrogens is 443 g/mol. The summed E-state index contributed by atoms with van der Waals surface area (Å²) in [6, 6.07) is 11.0. The number of nitrogen functional groups attached to an aromatic ring is 1. The Hall–Kier alpha value is -2.97. The van der Waals surface area contributed by atoms with Gasteiger partial charge >= 0.3 is 0 Å². The zero-order valence-corrected chi connectivity index (χ0v) is 18.3. The third kappa shape index (κ3) is 4.00. The normalized spacial score (nSPS) is 12.4. The van der Waals surface area contributed by atoms with Gasteiger partial charge in [0.2, 0.25) is 0 Å². The lowest BCUT2D eigenvalue weighted by atomic mass is 10.1. The van der Waals surface area contributed by atoms with E-state index >= 15 is 0 Å².